The van der Waals surface area contributed by atoms with Crippen molar-refractivity contribution < 1.29 is 9.53 Å². The quantitative estimate of drug-likeness (QED) is 0.423. The Labute approximate surface area is 195 Å². The maximum absolute atomic E-state index is 13.0. The number of fused-ring (bicyclic) bond motifs is 2. The topological polar surface area (TPSA) is 92.6 Å². The zero-order valence-electron chi connectivity index (χ0n) is 18.9. The molecular formula is C26H23N5O3. The number of nitrogens with zero attached hydrogens (tertiary/aromatic N) is 4. The number of aromatic amines is 1. The summed E-state index contributed by atoms with van der Waals surface area (Å²) < 4.78 is 7.86. The molecule has 0 spiro atoms. The third-order valence-corrected chi connectivity index (χ3v) is 5.51. The largest absolute Gasteiger partial charge is 0.487 e. The summed E-state index contributed by atoms with van der Waals surface area (Å²) in [5, 5.41) is 0.519. The molecule has 0 saturated carbocycles. The molecule has 5 aromatic rings. The maximum atomic E-state index is 13.0. The highest BCUT2D eigenvalue weighted by molar-refractivity contribution is 5.94. The number of ether oxygens (including phenoxy) is 1. The number of rotatable bonds is 6. The summed E-state index contributed by atoms with van der Waals surface area (Å²) in [5.74, 6) is 0.795. The number of carbonyl (C=O) groups is 1. The van der Waals surface area contributed by atoms with Crippen LogP contribution in [-0.2, 0) is 13.2 Å². The van der Waals surface area contributed by atoms with E-state index in [-0.39, 0.29) is 24.6 Å². The first-order chi connectivity index (χ1) is 16.5. The van der Waals surface area contributed by atoms with E-state index in [0.717, 1.165) is 16.9 Å². The molecule has 170 valence electrons. The lowest BCUT2D eigenvalue weighted by Crippen LogP contribution is -2.28. The highest BCUT2D eigenvalue weighted by Gasteiger charge is 2.15. The molecule has 0 saturated heterocycles. The number of para-hydroxylation sites is 1. The van der Waals surface area contributed by atoms with Crippen molar-refractivity contribution in [1.29, 1.82) is 0 Å². The van der Waals surface area contributed by atoms with Crippen LogP contribution in [-0.4, -0.2) is 37.2 Å². The number of imidazole rings is 1. The van der Waals surface area contributed by atoms with Crippen LogP contribution in [0.2, 0.25) is 0 Å². The summed E-state index contributed by atoms with van der Waals surface area (Å²) in [6, 6.07) is 18.1. The average Bonchev–Trinajstić information content (AvgIpc) is 3.24. The van der Waals surface area contributed by atoms with E-state index >= 15 is 0 Å². The van der Waals surface area contributed by atoms with Crippen LogP contribution in [0, 0.1) is 6.92 Å². The van der Waals surface area contributed by atoms with Gasteiger partial charge in [0.05, 0.1) is 23.1 Å². The summed E-state index contributed by atoms with van der Waals surface area (Å²) in [6.07, 6.45) is 3.95. The Morgan fingerprint density at radius 3 is 2.79 bits per heavy atom. The fourth-order valence-electron chi connectivity index (χ4n) is 3.83. The summed E-state index contributed by atoms with van der Waals surface area (Å²) in [6.45, 7) is 2.49. The Bertz CT molecular complexity index is 1570. The molecular weight excluding hydrogens is 430 g/mol. The van der Waals surface area contributed by atoms with Crippen molar-refractivity contribution in [1.82, 2.24) is 24.3 Å². The number of aryl methyl sites for hydroxylation is 1. The van der Waals surface area contributed by atoms with Gasteiger partial charge in [0.1, 0.15) is 23.8 Å². The Morgan fingerprint density at radius 2 is 1.91 bits per heavy atom. The second-order valence-corrected chi connectivity index (χ2v) is 8.21. The van der Waals surface area contributed by atoms with E-state index in [4.69, 9.17) is 4.74 Å². The molecule has 0 aliphatic rings. The number of carbonyl (C=O) groups excluding carboxylic acids is 1. The lowest BCUT2D eigenvalue weighted by atomic mass is 10.2. The average molecular weight is 454 g/mol. The van der Waals surface area contributed by atoms with Gasteiger partial charge >= 0.3 is 0 Å². The highest BCUT2D eigenvalue weighted by Crippen LogP contribution is 2.17. The first kappa shape index (κ1) is 21.4. The van der Waals surface area contributed by atoms with E-state index in [1.807, 2.05) is 41.9 Å². The van der Waals surface area contributed by atoms with Crippen LogP contribution in [0.3, 0.4) is 0 Å². The molecule has 0 atom stereocenters. The Morgan fingerprint density at radius 1 is 1.06 bits per heavy atom. The minimum Gasteiger partial charge on any atom is -0.487 e. The predicted molar refractivity (Wildman–Crippen MR) is 129 cm³/mol. The molecule has 3 aromatic heterocycles. The molecule has 2 aromatic carbocycles. The number of hydrogen-bond acceptors (Lipinski definition) is 5. The van der Waals surface area contributed by atoms with Gasteiger partial charge < -0.3 is 19.0 Å². The molecule has 3 heterocycles. The predicted octanol–water partition coefficient (Wildman–Crippen LogP) is 3.73. The van der Waals surface area contributed by atoms with Crippen LogP contribution >= 0.6 is 0 Å². The van der Waals surface area contributed by atoms with Gasteiger partial charge in [0.2, 0.25) is 0 Å². The molecule has 0 fully saturated rings. The molecule has 0 aliphatic carbocycles. The molecule has 5 rings (SSSR count). The number of nitrogens with one attached hydrogen (secondary N) is 1. The lowest BCUT2D eigenvalue weighted by Gasteiger charge is -2.17. The van der Waals surface area contributed by atoms with E-state index < -0.39 is 0 Å². The van der Waals surface area contributed by atoms with Gasteiger partial charge in [-0.3, -0.25) is 9.59 Å². The van der Waals surface area contributed by atoms with Crippen molar-refractivity contribution in [3.05, 3.63) is 106 Å². The van der Waals surface area contributed by atoms with Crippen LogP contribution in [0.5, 0.6) is 5.75 Å². The monoisotopic (exact) mass is 453 g/mol. The number of benzene rings is 2. The maximum Gasteiger partial charge on any atom is 0.258 e. The zero-order valence-corrected chi connectivity index (χ0v) is 18.9. The van der Waals surface area contributed by atoms with Crippen LogP contribution < -0.4 is 10.3 Å². The SMILES string of the molecule is Cc1ccc2nc(COc3cccc(C(=O)N(C)Cc4nc5ccccc5c(=O)[nH]4)c3)cn2c1. The number of pyridine rings is 1. The van der Waals surface area contributed by atoms with Crippen LogP contribution in [0.15, 0.2) is 77.9 Å². The van der Waals surface area contributed by atoms with Crippen molar-refractivity contribution in [2.24, 2.45) is 0 Å². The highest BCUT2D eigenvalue weighted by atomic mass is 16.5. The third-order valence-electron chi connectivity index (χ3n) is 5.51. The first-order valence-electron chi connectivity index (χ1n) is 10.9. The van der Waals surface area contributed by atoms with Crippen molar-refractivity contribution in [3.63, 3.8) is 0 Å². The fraction of sp³-hybridized carbons (Fsp3) is 0.154. The molecule has 1 N–H and O–H groups in total. The van der Waals surface area contributed by atoms with E-state index in [2.05, 4.69) is 15.0 Å². The van der Waals surface area contributed by atoms with Crippen LogP contribution in [0.25, 0.3) is 16.6 Å². The summed E-state index contributed by atoms with van der Waals surface area (Å²) in [7, 11) is 1.67. The van der Waals surface area contributed by atoms with Crippen LogP contribution in [0.4, 0.5) is 0 Å². The third kappa shape index (κ3) is 4.38. The van der Waals surface area contributed by atoms with E-state index in [1.165, 1.54) is 4.90 Å². The number of hydrogen-bond donors (Lipinski definition) is 1. The molecule has 0 unspecified atom stereocenters. The minimum atomic E-state index is -0.223. The summed E-state index contributed by atoms with van der Waals surface area (Å²) in [5.41, 5.74) is 3.66. The van der Waals surface area contributed by atoms with Crippen molar-refractivity contribution in [2.75, 3.05) is 7.05 Å². The van der Waals surface area contributed by atoms with Gasteiger partial charge in [-0.15, -0.1) is 0 Å². The molecule has 0 radical (unpaired) electrons. The van der Waals surface area contributed by atoms with Gasteiger partial charge in [0.15, 0.2) is 0 Å². The smallest absolute Gasteiger partial charge is 0.258 e. The van der Waals surface area contributed by atoms with Gasteiger partial charge in [-0.2, -0.15) is 0 Å². The van der Waals surface area contributed by atoms with E-state index in [1.54, 1.807) is 49.5 Å². The van der Waals surface area contributed by atoms with Crippen molar-refractivity contribution in [3.8, 4) is 5.75 Å². The van der Waals surface area contributed by atoms with E-state index in [9.17, 15) is 9.59 Å². The summed E-state index contributed by atoms with van der Waals surface area (Å²) >= 11 is 0. The lowest BCUT2D eigenvalue weighted by molar-refractivity contribution is 0.0781. The molecule has 8 heteroatoms. The second kappa shape index (κ2) is 8.82. The number of aromatic nitrogens is 4. The number of amides is 1. The fourth-order valence-corrected chi connectivity index (χ4v) is 3.83. The Kier molecular flexibility index (Phi) is 5.55. The van der Waals surface area contributed by atoms with Gasteiger partial charge in [0, 0.05) is 25.0 Å². The van der Waals surface area contributed by atoms with Gasteiger partial charge in [-0.1, -0.05) is 24.3 Å². The van der Waals surface area contributed by atoms with Crippen molar-refractivity contribution >= 4 is 22.5 Å². The van der Waals surface area contributed by atoms with Gasteiger partial charge in [0.25, 0.3) is 11.5 Å². The second-order valence-electron chi connectivity index (χ2n) is 8.21. The standard InChI is InChI=1S/C26H23N5O3/c1-17-10-11-24-27-19(14-31(24)13-17)16-34-20-7-5-6-18(12-20)26(33)30(2)15-23-28-22-9-4-3-8-21(22)25(32)29-23/h3-14H,15-16H2,1-2H3,(H,28,29,32). The van der Waals surface area contributed by atoms with Crippen LogP contribution in [0.1, 0.15) is 27.4 Å². The Hall–Kier alpha value is -4.46. The van der Waals surface area contributed by atoms with Gasteiger partial charge in [-0.05, 0) is 48.9 Å². The molecule has 0 bridgehead atoms. The molecule has 0 aliphatic heterocycles. The molecule has 8 nitrogen and oxygen atoms in total. The van der Waals surface area contributed by atoms with Gasteiger partial charge in [-0.25, -0.2) is 9.97 Å². The van der Waals surface area contributed by atoms with Crippen molar-refractivity contribution in [2.45, 2.75) is 20.1 Å². The first-order valence-corrected chi connectivity index (χ1v) is 10.9. The minimum absolute atomic E-state index is 0.171. The summed E-state index contributed by atoms with van der Waals surface area (Å²) in [4.78, 5) is 38.6. The zero-order chi connectivity index (χ0) is 23.7. The van der Waals surface area contributed by atoms with E-state index in [0.29, 0.717) is 28.0 Å². The molecule has 34 heavy (non-hydrogen) atoms. The molecule has 1 amide bonds. The Balaban J connectivity index is 1.28. The number of H-pyrrole nitrogens is 1. The normalized spacial score (nSPS) is 11.1.